The second kappa shape index (κ2) is 5.02. The van der Waals surface area contributed by atoms with E-state index in [1.165, 1.54) is 25.7 Å². The van der Waals surface area contributed by atoms with Gasteiger partial charge in [-0.1, -0.05) is 25.7 Å². The van der Waals surface area contributed by atoms with Crippen LogP contribution in [0.1, 0.15) is 39.0 Å². The molecule has 0 N–H and O–H groups in total. The van der Waals surface area contributed by atoms with E-state index in [1.807, 2.05) is 6.92 Å². The first kappa shape index (κ1) is 13.3. The molecule has 0 spiro atoms. The lowest BCUT2D eigenvalue weighted by Gasteiger charge is -2.29. The zero-order valence-electron chi connectivity index (χ0n) is 9.33. The molecule has 5 heteroatoms. The molecule has 1 saturated carbocycles. The topological polar surface area (TPSA) is 43.4 Å². The Labute approximate surface area is 96.6 Å². The Kier molecular flexibility index (Phi) is 4.44. The van der Waals surface area contributed by atoms with Gasteiger partial charge in [0.2, 0.25) is 9.05 Å². The van der Waals surface area contributed by atoms with Gasteiger partial charge < -0.3 is 4.74 Å². The van der Waals surface area contributed by atoms with Crippen molar-refractivity contribution in [3.8, 4) is 0 Å². The van der Waals surface area contributed by atoms with Crippen LogP contribution in [0.4, 0.5) is 0 Å². The fraction of sp³-hybridized carbons (Fsp3) is 1.00. The van der Waals surface area contributed by atoms with Crippen LogP contribution in [0.25, 0.3) is 0 Å². The summed E-state index contributed by atoms with van der Waals surface area (Å²) in [6, 6.07) is 0. The summed E-state index contributed by atoms with van der Waals surface area (Å²) in [7, 11) is 3.34. The molecule has 0 radical (unpaired) electrons. The molecule has 3 nitrogen and oxygen atoms in total. The van der Waals surface area contributed by atoms with Crippen LogP contribution in [0.5, 0.6) is 0 Å². The maximum absolute atomic E-state index is 11.1. The summed E-state index contributed by atoms with van der Waals surface area (Å²) in [5, 5.41) is 0. The van der Waals surface area contributed by atoms with E-state index in [2.05, 4.69) is 0 Å². The highest BCUT2D eigenvalue weighted by Gasteiger charge is 2.33. The lowest BCUT2D eigenvalue weighted by Crippen LogP contribution is -2.36. The number of halogens is 1. The fourth-order valence-electron chi connectivity index (χ4n) is 2.39. The Hall–Kier alpha value is 0.200. The van der Waals surface area contributed by atoms with Crippen LogP contribution in [0, 0.1) is 5.92 Å². The van der Waals surface area contributed by atoms with E-state index in [4.69, 9.17) is 15.4 Å². The van der Waals surface area contributed by atoms with Gasteiger partial charge in [0, 0.05) is 17.8 Å². The van der Waals surface area contributed by atoms with Gasteiger partial charge in [0.25, 0.3) is 0 Å². The van der Waals surface area contributed by atoms with E-state index in [9.17, 15) is 8.42 Å². The molecule has 15 heavy (non-hydrogen) atoms. The van der Waals surface area contributed by atoms with Crippen molar-refractivity contribution in [1.82, 2.24) is 0 Å². The van der Waals surface area contributed by atoms with E-state index >= 15 is 0 Å². The summed E-state index contributed by atoms with van der Waals surface area (Å²) < 4.78 is 27.4. The molecular weight excluding hydrogens is 236 g/mol. The number of rotatable bonds is 5. The molecule has 0 bridgehead atoms. The SMILES string of the molecule is COC(C)(CC1CCCC1)CS(=O)(=O)Cl. The molecule has 1 rings (SSSR count). The number of methoxy groups -OCH3 is 1. The number of hydrogen-bond acceptors (Lipinski definition) is 3. The fourth-order valence-corrected chi connectivity index (χ4v) is 4.05. The van der Waals surface area contributed by atoms with Gasteiger partial charge in [-0.3, -0.25) is 0 Å². The van der Waals surface area contributed by atoms with E-state index in [-0.39, 0.29) is 5.75 Å². The highest BCUT2D eigenvalue weighted by molar-refractivity contribution is 8.13. The zero-order chi connectivity index (χ0) is 11.5. The largest absolute Gasteiger partial charge is 0.377 e. The third-order valence-corrected chi connectivity index (χ3v) is 4.45. The minimum atomic E-state index is -3.49. The van der Waals surface area contributed by atoms with Crippen molar-refractivity contribution < 1.29 is 13.2 Å². The second-order valence-corrected chi connectivity index (χ2v) is 7.47. The molecule has 0 aromatic heterocycles. The first-order valence-electron chi connectivity index (χ1n) is 5.32. The summed E-state index contributed by atoms with van der Waals surface area (Å²) in [6.07, 6.45) is 5.65. The Balaban J connectivity index is 2.58. The Morgan fingerprint density at radius 1 is 1.40 bits per heavy atom. The summed E-state index contributed by atoms with van der Waals surface area (Å²) in [4.78, 5) is 0. The molecule has 1 unspecified atom stereocenters. The molecule has 0 saturated heterocycles. The predicted octanol–water partition coefficient (Wildman–Crippen LogP) is 2.54. The van der Waals surface area contributed by atoms with Crippen LogP contribution in [0.2, 0.25) is 0 Å². The Morgan fingerprint density at radius 3 is 2.33 bits per heavy atom. The molecule has 0 heterocycles. The summed E-state index contributed by atoms with van der Waals surface area (Å²) >= 11 is 0. The van der Waals surface area contributed by atoms with E-state index in [0.717, 1.165) is 6.42 Å². The van der Waals surface area contributed by atoms with Crippen molar-refractivity contribution in [2.24, 2.45) is 5.92 Å². The van der Waals surface area contributed by atoms with Gasteiger partial charge in [0.1, 0.15) is 0 Å². The van der Waals surface area contributed by atoms with Crippen LogP contribution in [0.15, 0.2) is 0 Å². The molecule has 1 atom stereocenters. The highest BCUT2D eigenvalue weighted by atomic mass is 35.7. The van der Waals surface area contributed by atoms with E-state index in [0.29, 0.717) is 5.92 Å². The van der Waals surface area contributed by atoms with Crippen LogP contribution in [-0.4, -0.2) is 26.9 Å². The first-order chi connectivity index (χ1) is 6.85. The Bertz CT molecular complexity index is 296. The molecule has 0 amide bonds. The van der Waals surface area contributed by atoms with Crippen LogP contribution in [0.3, 0.4) is 0 Å². The maximum Gasteiger partial charge on any atom is 0.235 e. The predicted molar refractivity (Wildman–Crippen MR) is 61.6 cm³/mol. The molecule has 1 aliphatic rings. The third-order valence-electron chi connectivity index (χ3n) is 3.17. The van der Waals surface area contributed by atoms with Gasteiger partial charge in [-0.15, -0.1) is 0 Å². The van der Waals surface area contributed by atoms with Crippen molar-refractivity contribution in [1.29, 1.82) is 0 Å². The third kappa shape index (κ3) is 4.70. The average Bonchev–Trinajstić information content (AvgIpc) is 2.53. The van der Waals surface area contributed by atoms with Gasteiger partial charge >= 0.3 is 0 Å². The van der Waals surface area contributed by atoms with Crippen molar-refractivity contribution in [3.05, 3.63) is 0 Å². The van der Waals surface area contributed by atoms with Gasteiger partial charge in [-0.25, -0.2) is 8.42 Å². The number of ether oxygens (including phenoxy) is 1. The van der Waals surface area contributed by atoms with Crippen molar-refractivity contribution in [3.63, 3.8) is 0 Å². The van der Waals surface area contributed by atoms with E-state index < -0.39 is 14.7 Å². The van der Waals surface area contributed by atoms with Crippen LogP contribution in [-0.2, 0) is 13.8 Å². The summed E-state index contributed by atoms with van der Waals surface area (Å²) in [5.41, 5.74) is -0.629. The molecule has 0 aliphatic heterocycles. The lowest BCUT2D eigenvalue weighted by molar-refractivity contribution is 0.00583. The summed E-state index contributed by atoms with van der Waals surface area (Å²) in [6.45, 7) is 1.82. The average molecular weight is 255 g/mol. The van der Waals surface area contributed by atoms with Crippen LogP contribution < -0.4 is 0 Å². The van der Waals surface area contributed by atoms with Gasteiger partial charge in [-0.05, 0) is 19.3 Å². The lowest BCUT2D eigenvalue weighted by atomic mass is 9.92. The van der Waals surface area contributed by atoms with Crippen molar-refractivity contribution >= 4 is 19.7 Å². The Morgan fingerprint density at radius 2 is 1.93 bits per heavy atom. The van der Waals surface area contributed by atoms with Gasteiger partial charge in [-0.2, -0.15) is 0 Å². The van der Waals surface area contributed by atoms with Crippen LogP contribution >= 0.6 is 10.7 Å². The van der Waals surface area contributed by atoms with Crippen molar-refractivity contribution in [2.45, 2.75) is 44.6 Å². The van der Waals surface area contributed by atoms with E-state index in [1.54, 1.807) is 7.11 Å². The highest BCUT2D eigenvalue weighted by Crippen LogP contribution is 2.34. The molecule has 0 aromatic rings. The molecule has 90 valence electrons. The number of hydrogen-bond donors (Lipinski definition) is 0. The first-order valence-corrected chi connectivity index (χ1v) is 7.80. The minimum absolute atomic E-state index is 0.103. The second-order valence-electron chi connectivity index (χ2n) is 4.69. The van der Waals surface area contributed by atoms with Crippen molar-refractivity contribution in [2.75, 3.05) is 12.9 Å². The molecule has 1 aliphatic carbocycles. The molecular formula is C10H19ClO3S. The normalized spacial score (nSPS) is 22.9. The van der Waals surface area contributed by atoms with Gasteiger partial charge in [0.05, 0.1) is 11.4 Å². The molecule has 1 fully saturated rings. The van der Waals surface area contributed by atoms with Gasteiger partial charge in [0.15, 0.2) is 0 Å². The standard InChI is InChI=1S/C10H19ClO3S/c1-10(14-2,8-15(11,12)13)7-9-5-3-4-6-9/h9H,3-8H2,1-2H3. The smallest absolute Gasteiger partial charge is 0.235 e. The monoisotopic (exact) mass is 254 g/mol. The minimum Gasteiger partial charge on any atom is -0.377 e. The molecule has 0 aromatic carbocycles. The maximum atomic E-state index is 11.1. The summed E-state index contributed by atoms with van der Waals surface area (Å²) in [5.74, 6) is 0.488. The zero-order valence-corrected chi connectivity index (χ0v) is 10.9. The quantitative estimate of drug-likeness (QED) is 0.708.